The van der Waals surface area contributed by atoms with E-state index in [0.717, 1.165) is 11.8 Å². The molecule has 2 aliphatic carbocycles. The zero-order valence-corrected chi connectivity index (χ0v) is 7.74. The van der Waals surface area contributed by atoms with Gasteiger partial charge in [-0.25, -0.2) is 0 Å². The van der Waals surface area contributed by atoms with Crippen molar-refractivity contribution in [2.24, 2.45) is 11.7 Å². The second kappa shape index (κ2) is 2.36. The molecule has 0 bridgehead atoms. The number of rotatable bonds is 2. The number of hydrogen-bond acceptors (Lipinski definition) is 1. The van der Waals surface area contributed by atoms with E-state index >= 15 is 0 Å². The maximum Gasteiger partial charge on any atom is 0.0190 e. The van der Waals surface area contributed by atoms with E-state index in [-0.39, 0.29) is 5.54 Å². The first-order valence-electron chi connectivity index (χ1n) is 5.13. The van der Waals surface area contributed by atoms with Gasteiger partial charge in [0.05, 0.1) is 0 Å². The molecule has 1 aromatic carbocycles. The predicted octanol–water partition coefficient (Wildman–Crippen LogP) is 2.28. The van der Waals surface area contributed by atoms with E-state index in [4.69, 9.17) is 5.73 Å². The molecule has 2 atom stereocenters. The van der Waals surface area contributed by atoms with Crippen LogP contribution < -0.4 is 5.73 Å². The van der Waals surface area contributed by atoms with Gasteiger partial charge in [-0.15, -0.1) is 0 Å². The van der Waals surface area contributed by atoms with Crippen molar-refractivity contribution in [3.05, 3.63) is 35.9 Å². The van der Waals surface area contributed by atoms with Gasteiger partial charge in [-0.1, -0.05) is 30.3 Å². The van der Waals surface area contributed by atoms with Gasteiger partial charge in [-0.05, 0) is 36.7 Å². The van der Waals surface area contributed by atoms with E-state index in [1.54, 1.807) is 0 Å². The summed E-state index contributed by atoms with van der Waals surface area (Å²) in [6.07, 6.45) is 3.82. The first-order valence-corrected chi connectivity index (χ1v) is 5.13. The molecule has 2 N–H and O–H groups in total. The van der Waals surface area contributed by atoms with Crippen molar-refractivity contribution >= 4 is 0 Å². The van der Waals surface area contributed by atoms with E-state index in [0.29, 0.717) is 0 Å². The van der Waals surface area contributed by atoms with Gasteiger partial charge in [-0.2, -0.15) is 0 Å². The van der Waals surface area contributed by atoms with Crippen molar-refractivity contribution in [2.45, 2.75) is 30.7 Å². The van der Waals surface area contributed by atoms with Crippen LogP contribution in [0, 0.1) is 5.92 Å². The monoisotopic (exact) mass is 173 g/mol. The number of benzene rings is 1. The minimum atomic E-state index is 0.237. The highest BCUT2D eigenvalue weighted by Gasteiger charge is 2.57. The molecule has 0 spiro atoms. The third-order valence-corrected chi connectivity index (χ3v) is 3.58. The normalized spacial score (nSPS) is 34.2. The highest BCUT2D eigenvalue weighted by Crippen LogP contribution is 2.60. The fourth-order valence-corrected chi connectivity index (χ4v) is 2.41. The summed E-state index contributed by atoms with van der Waals surface area (Å²) in [5, 5.41) is 0. The van der Waals surface area contributed by atoms with Gasteiger partial charge in [-0.3, -0.25) is 0 Å². The zero-order valence-electron chi connectivity index (χ0n) is 7.74. The first kappa shape index (κ1) is 7.57. The molecule has 0 amide bonds. The average molecular weight is 173 g/mol. The van der Waals surface area contributed by atoms with E-state index in [2.05, 4.69) is 30.3 Å². The molecule has 0 aliphatic heterocycles. The van der Waals surface area contributed by atoms with Gasteiger partial charge < -0.3 is 5.73 Å². The molecule has 0 heterocycles. The minimum absolute atomic E-state index is 0.237. The molecule has 2 unspecified atom stereocenters. The van der Waals surface area contributed by atoms with Gasteiger partial charge in [0.1, 0.15) is 0 Å². The van der Waals surface area contributed by atoms with Crippen molar-refractivity contribution in [2.75, 3.05) is 0 Å². The van der Waals surface area contributed by atoms with E-state index in [1.165, 1.54) is 24.8 Å². The summed E-state index contributed by atoms with van der Waals surface area (Å²) in [6, 6.07) is 10.8. The van der Waals surface area contributed by atoms with Crippen molar-refractivity contribution in [1.29, 1.82) is 0 Å². The summed E-state index contributed by atoms with van der Waals surface area (Å²) in [6.45, 7) is 0. The van der Waals surface area contributed by atoms with Crippen LogP contribution in [0.1, 0.15) is 30.7 Å². The Hall–Kier alpha value is -0.820. The molecule has 13 heavy (non-hydrogen) atoms. The van der Waals surface area contributed by atoms with Crippen LogP contribution in [0.25, 0.3) is 0 Å². The van der Waals surface area contributed by atoms with Crippen molar-refractivity contribution in [3.63, 3.8) is 0 Å². The molecular formula is C12H15N. The summed E-state index contributed by atoms with van der Waals surface area (Å²) in [7, 11) is 0. The molecule has 2 saturated carbocycles. The maximum atomic E-state index is 6.18. The lowest BCUT2D eigenvalue weighted by Gasteiger charge is -2.06. The largest absolute Gasteiger partial charge is 0.325 e. The van der Waals surface area contributed by atoms with Gasteiger partial charge in [0.2, 0.25) is 0 Å². The lowest BCUT2D eigenvalue weighted by molar-refractivity contribution is 0.572. The standard InChI is InChI=1S/C12H15N/c13-12(6-7-12)11-8-10(11)9-4-2-1-3-5-9/h1-5,10-11H,6-8,13H2. The van der Waals surface area contributed by atoms with Crippen molar-refractivity contribution in [1.82, 2.24) is 0 Å². The molecule has 0 aromatic heterocycles. The van der Waals surface area contributed by atoms with Gasteiger partial charge in [0.15, 0.2) is 0 Å². The van der Waals surface area contributed by atoms with E-state index in [9.17, 15) is 0 Å². The maximum absolute atomic E-state index is 6.18. The zero-order chi connectivity index (χ0) is 8.89. The molecule has 68 valence electrons. The molecule has 0 radical (unpaired) electrons. The fraction of sp³-hybridized carbons (Fsp3) is 0.500. The van der Waals surface area contributed by atoms with Gasteiger partial charge in [0.25, 0.3) is 0 Å². The van der Waals surface area contributed by atoms with Crippen molar-refractivity contribution in [3.8, 4) is 0 Å². The Bertz CT molecular complexity index is 313. The van der Waals surface area contributed by atoms with Crippen molar-refractivity contribution < 1.29 is 0 Å². The predicted molar refractivity (Wildman–Crippen MR) is 53.4 cm³/mol. The van der Waals surface area contributed by atoms with E-state index < -0.39 is 0 Å². The first-order chi connectivity index (χ1) is 6.30. The van der Waals surface area contributed by atoms with Crippen LogP contribution in [-0.2, 0) is 0 Å². The third kappa shape index (κ3) is 1.19. The molecule has 1 aromatic rings. The summed E-state index contributed by atoms with van der Waals surface area (Å²) in [5.74, 6) is 1.56. The SMILES string of the molecule is NC1(C2CC2c2ccccc2)CC1. The molecule has 2 fully saturated rings. The summed E-state index contributed by atoms with van der Waals surface area (Å²) < 4.78 is 0. The Balaban J connectivity index is 1.77. The smallest absolute Gasteiger partial charge is 0.0190 e. The summed E-state index contributed by atoms with van der Waals surface area (Å²) in [5.41, 5.74) is 7.91. The second-order valence-electron chi connectivity index (χ2n) is 4.59. The van der Waals surface area contributed by atoms with Crippen LogP contribution in [0.2, 0.25) is 0 Å². The molecule has 2 aliphatic rings. The Morgan fingerprint density at radius 1 is 1.15 bits per heavy atom. The lowest BCUT2D eigenvalue weighted by Crippen LogP contribution is -2.24. The summed E-state index contributed by atoms with van der Waals surface area (Å²) in [4.78, 5) is 0. The highest BCUT2D eigenvalue weighted by molar-refractivity contribution is 5.30. The Kier molecular flexibility index (Phi) is 1.37. The average Bonchev–Trinajstić information content (AvgIpc) is 3.00. The molecule has 1 nitrogen and oxygen atoms in total. The second-order valence-corrected chi connectivity index (χ2v) is 4.59. The Morgan fingerprint density at radius 2 is 1.85 bits per heavy atom. The van der Waals surface area contributed by atoms with Gasteiger partial charge >= 0.3 is 0 Å². The fourth-order valence-electron chi connectivity index (χ4n) is 2.41. The third-order valence-electron chi connectivity index (χ3n) is 3.58. The van der Waals surface area contributed by atoms with Crippen LogP contribution in [0.3, 0.4) is 0 Å². The highest BCUT2D eigenvalue weighted by atomic mass is 14.9. The Labute approximate surface area is 78.9 Å². The Morgan fingerprint density at radius 3 is 2.46 bits per heavy atom. The lowest BCUT2D eigenvalue weighted by atomic mass is 10.0. The quantitative estimate of drug-likeness (QED) is 0.729. The van der Waals surface area contributed by atoms with Gasteiger partial charge in [0, 0.05) is 5.54 Å². The molecule has 3 rings (SSSR count). The summed E-state index contributed by atoms with van der Waals surface area (Å²) >= 11 is 0. The minimum Gasteiger partial charge on any atom is -0.325 e. The molecule has 1 heteroatoms. The van der Waals surface area contributed by atoms with Crippen LogP contribution >= 0.6 is 0 Å². The topological polar surface area (TPSA) is 26.0 Å². The van der Waals surface area contributed by atoms with Crippen LogP contribution in [0.15, 0.2) is 30.3 Å². The van der Waals surface area contributed by atoms with Crippen LogP contribution in [0.4, 0.5) is 0 Å². The number of hydrogen-bond donors (Lipinski definition) is 1. The van der Waals surface area contributed by atoms with Crippen LogP contribution in [-0.4, -0.2) is 5.54 Å². The number of nitrogens with two attached hydrogens (primary N) is 1. The van der Waals surface area contributed by atoms with E-state index in [1.807, 2.05) is 0 Å². The molecular weight excluding hydrogens is 158 g/mol. The van der Waals surface area contributed by atoms with Crippen LogP contribution in [0.5, 0.6) is 0 Å². The molecule has 0 saturated heterocycles.